The third-order valence-electron chi connectivity index (χ3n) is 3.63. The van der Waals surface area contributed by atoms with Gasteiger partial charge in [-0.3, -0.25) is 0 Å². The Labute approximate surface area is 101 Å². The molecule has 1 aliphatic carbocycles. The lowest BCUT2D eigenvalue weighted by molar-refractivity contribution is 0.0782. The molecule has 0 amide bonds. The van der Waals surface area contributed by atoms with Gasteiger partial charge in [-0.05, 0) is 39.5 Å². The van der Waals surface area contributed by atoms with Crippen molar-refractivity contribution in [3.63, 3.8) is 0 Å². The first-order valence-corrected chi connectivity index (χ1v) is 7.05. The van der Waals surface area contributed by atoms with Gasteiger partial charge in [0.1, 0.15) is 0 Å². The first-order valence-electron chi connectivity index (χ1n) is 7.05. The highest BCUT2D eigenvalue weighted by atomic mass is 16.5. The molecule has 0 aliphatic heterocycles. The zero-order chi connectivity index (χ0) is 11.8. The lowest BCUT2D eigenvalue weighted by Crippen LogP contribution is -2.35. The first-order chi connectivity index (χ1) is 7.70. The lowest BCUT2D eigenvalue weighted by atomic mass is 9.93. The first kappa shape index (κ1) is 14.0. The average molecular weight is 227 g/mol. The van der Waals surface area contributed by atoms with Crippen LogP contribution in [0, 0.1) is 5.92 Å². The highest BCUT2D eigenvalue weighted by Gasteiger charge is 2.18. The molecule has 1 saturated carbocycles. The fourth-order valence-corrected chi connectivity index (χ4v) is 2.56. The van der Waals surface area contributed by atoms with Crippen molar-refractivity contribution < 1.29 is 4.74 Å². The molecule has 1 atom stereocenters. The summed E-state index contributed by atoms with van der Waals surface area (Å²) in [6.07, 6.45) is 8.94. The van der Waals surface area contributed by atoms with E-state index in [0.717, 1.165) is 19.1 Å². The number of ether oxygens (including phenoxy) is 1. The van der Waals surface area contributed by atoms with Crippen molar-refractivity contribution in [3.8, 4) is 0 Å². The monoisotopic (exact) mass is 227 g/mol. The number of rotatable bonds is 6. The van der Waals surface area contributed by atoms with Crippen LogP contribution in [0.2, 0.25) is 0 Å². The fraction of sp³-hybridized carbons (Fsp3) is 1.00. The summed E-state index contributed by atoms with van der Waals surface area (Å²) in [7, 11) is 0. The minimum absolute atomic E-state index is 0.356. The van der Waals surface area contributed by atoms with E-state index in [2.05, 4.69) is 26.1 Å². The van der Waals surface area contributed by atoms with Crippen LogP contribution >= 0.6 is 0 Å². The van der Waals surface area contributed by atoms with Gasteiger partial charge in [0.2, 0.25) is 0 Å². The Hall–Kier alpha value is -0.0800. The van der Waals surface area contributed by atoms with Crippen LogP contribution in [0.15, 0.2) is 0 Å². The van der Waals surface area contributed by atoms with Crippen LogP contribution in [0.5, 0.6) is 0 Å². The molecule has 0 saturated heterocycles. The van der Waals surface area contributed by atoms with Gasteiger partial charge in [0.05, 0.1) is 12.7 Å². The molecule has 0 radical (unpaired) electrons. The standard InChI is InChI=1S/C14H29NO/c1-12(2)16-11-10-15-13(3)14-8-6-4-5-7-9-14/h12-15H,4-11H2,1-3H3/t13-/m1/s1. The molecule has 2 nitrogen and oxygen atoms in total. The molecule has 1 N–H and O–H groups in total. The topological polar surface area (TPSA) is 21.3 Å². The fourth-order valence-electron chi connectivity index (χ4n) is 2.56. The van der Waals surface area contributed by atoms with Gasteiger partial charge in [-0.25, -0.2) is 0 Å². The zero-order valence-electron chi connectivity index (χ0n) is 11.3. The molecule has 2 heteroatoms. The Kier molecular flexibility index (Phi) is 7.06. The Balaban J connectivity index is 2.10. The van der Waals surface area contributed by atoms with E-state index in [1.165, 1.54) is 38.5 Å². The lowest BCUT2D eigenvalue weighted by Gasteiger charge is -2.23. The molecule has 0 aromatic rings. The van der Waals surface area contributed by atoms with Crippen molar-refractivity contribution in [1.29, 1.82) is 0 Å². The summed E-state index contributed by atoms with van der Waals surface area (Å²) in [6, 6.07) is 0.661. The zero-order valence-corrected chi connectivity index (χ0v) is 11.3. The third kappa shape index (κ3) is 5.86. The van der Waals surface area contributed by atoms with Crippen LogP contribution in [0.3, 0.4) is 0 Å². The van der Waals surface area contributed by atoms with Crippen LogP contribution in [0.1, 0.15) is 59.3 Å². The molecule has 0 aromatic heterocycles. The highest BCUT2D eigenvalue weighted by Crippen LogP contribution is 2.25. The van der Waals surface area contributed by atoms with E-state index in [1.807, 2.05) is 0 Å². The number of hydrogen-bond acceptors (Lipinski definition) is 2. The molecule has 0 spiro atoms. The maximum atomic E-state index is 5.54. The molecule has 0 unspecified atom stereocenters. The van der Waals surface area contributed by atoms with Gasteiger partial charge in [0, 0.05) is 12.6 Å². The number of nitrogens with one attached hydrogen (secondary N) is 1. The summed E-state index contributed by atoms with van der Waals surface area (Å²) < 4.78 is 5.54. The summed E-state index contributed by atoms with van der Waals surface area (Å²) >= 11 is 0. The molecular weight excluding hydrogens is 198 g/mol. The van der Waals surface area contributed by atoms with E-state index in [1.54, 1.807) is 0 Å². The van der Waals surface area contributed by atoms with E-state index < -0.39 is 0 Å². The second-order valence-corrected chi connectivity index (χ2v) is 5.41. The van der Waals surface area contributed by atoms with Gasteiger partial charge < -0.3 is 10.1 Å². The molecule has 0 aromatic carbocycles. The van der Waals surface area contributed by atoms with Crippen molar-refractivity contribution in [2.45, 2.75) is 71.4 Å². The Morgan fingerprint density at radius 1 is 1.06 bits per heavy atom. The van der Waals surface area contributed by atoms with E-state index in [0.29, 0.717) is 12.1 Å². The third-order valence-corrected chi connectivity index (χ3v) is 3.63. The van der Waals surface area contributed by atoms with Gasteiger partial charge in [0.15, 0.2) is 0 Å². The smallest absolute Gasteiger partial charge is 0.0594 e. The van der Waals surface area contributed by atoms with Crippen molar-refractivity contribution in [1.82, 2.24) is 5.32 Å². The van der Waals surface area contributed by atoms with Crippen molar-refractivity contribution >= 4 is 0 Å². The second kappa shape index (κ2) is 8.08. The Morgan fingerprint density at radius 3 is 2.25 bits per heavy atom. The van der Waals surface area contributed by atoms with E-state index in [4.69, 9.17) is 4.74 Å². The molecule has 1 fully saturated rings. The van der Waals surface area contributed by atoms with E-state index >= 15 is 0 Å². The van der Waals surface area contributed by atoms with Crippen LogP contribution in [0.25, 0.3) is 0 Å². The molecular formula is C14H29NO. The van der Waals surface area contributed by atoms with Crippen LogP contribution < -0.4 is 5.32 Å². The predicted octanol–water partition coefficient (Wildman–Crippen LogP) is 3.36. The predicted molar refractivity (Wildman–Crippen MR) is 69.7 cm³/mol. The largest absolute Gasteiger partial charge is 0.377 e. The quantitative estimate of drug-likeness (QED) is 0.555. The van der Waals surface area contributed by atoms with Gasteiger partial charge >= 0.3 is 0 Å². The Morgan fingerprint density at radius 2 is 1.69 bits per heavy atom. The SMILES string of the molecule is CC(C)OCCN[C@H](C)C1CCCCCC1. The molecule has 16 heavy (non-hydrogen) atoms. The molecule has 96 valence electrons. The van der Waals surface area contributed by atoms with Crippen LogP contribution in [-0.2, 0) is 4.74 Å². The maximum Gasteiger partial charge on any atom is 0.0594 e. The minimum Gasteiger partial charge on any atom is -0.377 e. The minimum atomic E-state index is 0.356. The van der Waals surface area contributed by atoms with Gasteiger partial charge in [-0.1, -0.05) is 25.7 Å². The number of hydrogen-bond donors (Lipinski definition) is 1. The summed E-state index contributed by atoms with van der Waals surface area (Å²) in [5.74, 6) is 0.890. The Bertz CT molecular complexity index is 162. The average Bonchev–Trinajstić information content (AvgIpc) is 2.52. The van der Waals surface area contributed by atoms with Gasteiger partial charge in [-0.2, -0.15) is 0 Å². The van der Waals surface area contributed by atoms with E-state index in [-0.39, 0.29) is 0 Å². The normalized spacial score (nSPS) is 21.0. The molecule has 1 rings (SSSR count). The molecule has 1 aliphatic rings. The van der Waals surface area contributed by atoms with Gasteiger partial charge in [-0.15, -0.1) is 0 Å². The summed E-state index contributed by atoms with van der Waals surface area (Å²) in [5.41, 5.74) is 0. The molecule has 0 heterocycles. The van der Waals surface area contributed by atoms with Crippen molar-refractivity contribution in [2.24, 2.45) is 5.92 Å². The van der Waals surface area contributed by atoms with Crippen LogP contribution in [-0.4, -0.2) is 25.3 Å². The van der Waals surface area contributed by atoms with Gasteiger partial charge in [0.25, 0.3) is 0 Å². The second-order valence-electron chi connectivity index (χ2n) is 5.41. The highest BCUT2D eigenvalue weighted by molar-refractivity contribution is 4.74. The summed E-state index contributed by atoms with van der Waals surface area (Å²) in [5, 5.41) is 3.61. The van der Waals surface area contributed by atoms with Crippen molar-refractivity contribution in [3.05, 3.63) is 0 Å². The summed E-state index contributed by atoms with van der Waals surface area (Å²) in [6.45, 7) is 8.36. The summed E-state index contributed by atoms with van der Waals surface area (Å²) in [4.78, 5) is 0. The van der Waals surface area contributed by atoms with Crippen LogP contribution in [0.4, 0.5) is 0 Å². The maximum absolute atomic E-state index is 5.54. The van der Waals surface area contributed by atoms with Crippen molar-refractivity contribution in [2.75, 3.05) is 13.2 Å². The van der Waals surface area contributed by atoms with E-state index in [9.17, 15) is 0 Å². The molecule has 0 bridgehead atoms.